The Balaban J connectivity index is 1.45. The highest BCUT2D eigenvalue weighted by Crippen LogP contribution is 2.21. The second-order valence-corrected chi connectivity index (χ2v) is 7.14. The van der Waals surface area contributed by atoms with Crippen molar-refractivity contribution in [3.63, 3.8) is 0 Å². The normalized spacial score (nSPS) is 11.2. The molecule has 0 spiro atoms. The largest absolute Gasteiger partial charge is 0.496 e. The van der Waals surface area contributed by atoms with Gasteiger partial charge in [-0.05, 0) is 18.2 Å². The summed E-state index contributed by atoms with van der Waals surface area (Å²) in [6, 6.07) is 11.1. The van der Waals surface area contributed by atoms with E-state index in [2.05, 4.69) is 25.7 Å². The molecule has 154 valence electrons. The quantitative estimate of drug-likeness (QED) is 0.503. The van der Waals surface area contributed by atoms with Gasteiger partial charge in [0.25, 0.3) is 5.89 Å². The van der Waals surface area contributed by atoms with Gasteiger partial charge in [0.05, 0.1) is 20.1 Å². The van der Waals surface area contributed by atoms with E-state index in [-0.39, 0.29) is 24.8 Å². The average molecular weight is 406 g/mol. The molecular formula is C21H22N6O3. The first kappa shape index (κ1) is 19.6. The lowest BCUT2D eigenvalue weighted by molar-refractivity contribution is -0.120. The number of carbonyl (C=O) groups is 1. The number of amides is 1. The van der Waals surface area contributed by atoms with E-state index in [1.54, 1.807) is 7.11 Å². The fourth-order valence-corrected chi connectivity index (χ4v) is 3.04. The zero-order chi connectivity index (χ0) is 21.1. The summed E-state index contributed by atoms with van der Waals surface area (Å²) in [7, 11) is 1.59. The third-order valence-corrected chi connectivity index (χ3v) is 4.67. The third-order valence-electron chi connectivity index (χ3n) is 4.67. The van der Waals surface area contributed by atoms with Crippen molar-refractivity contribution >= 4 is 11.6 Å². The van der Waals surface area contributed by atoms with Crippen LogP contribution in [0.2, 0.25) is 0 Å². The van der Waals surface area contributed by atoms with Crippen LogP contribution in [0.15, 0.2) is 47.1 Å². The Labute approximate surface area is 173 Å². The Morgan fingerprint density at radius 2 is 2.07 bits per heavy atom. The zero-order valence-corrected chi connectivity index (χ0v) is 17.0. The minimum Gasteiger partial charge on any atom is -0.496 e. The molecule has 3 heterocycles. The molecule has 0 aliphatic heterocycles. The van der Waals surface area contributed by atoms with E-state index < -0.39 is 0 Å². The number of methoxy groups -OCH3 is 1. The smallest absolute Gasteiger partial charge is 0.258 e. The lowest BCUT2D eigenvalue weighted by Gasteiger charge is -2.08. The summed E-state index contributed by atoms with van der Waals surface area (Å²) >= 11 is 0. The van der Waals surface area contributed by atoms with E-state index in [4.69, 9.17) is 9.26 Å². The third kappa shape index (κ3) is 4.00. The van der Waals surface area contributed by atoms with Crippen LogP contribution in [0, 0.1) is 0 Å². The van der Waals surface area contributed by atoms with Gasteiger partial charge in [-0.1, -0.05) is 37.2 Å². The number of nitrogens with zero attached hydrogens (tertiary/aromatic N) is 5. The molecule has 0 atom stereocenters. The van der Waals surface area contributed by atoms with Crippen LogP contribution in [-0.4, -0.2) is 37.8 Å². The summed E-state index contributed by atoms with van der Waals surface area (Å²) in [4.78, 5) is 16.8. The Hall–Kier alpha value is -3.75. The number of aromatic nitrogens is 5. The molecule has 0 unspecified atom stereocenters. The van der Waals surface area contributed by atoms with Gasteiger partial charge in [0.1, 0.15) is 5.75 Å². The van der Waals surface area contributed by atoms with Crippen molar-refractivity contribution < 1.29 is 14.1 Å². The van der Waals surface area contributed by atoms with Gasteiger partial charge in [0, 0.05) is 23.2 Å². The predicted molar refractivity (Wildman–Crippen MR) is 109 cm³/mol. The van der Waals surface area contributed by atoms with Crippen LogP contribution in [0.4, 0.5) is 0 Å². The van der Waals surface area contributed by atoms with Gasteiger partial charge in [0.15, 0.2) is 17.3 Å². The maximum atomic E-state index is 12.4. The summed E-state index contributed by atoms with van der Waals surface area (Å²) in [5.74, 6) is 2.47. The van der Waals surface area contributed by atoms with Crippen molar-refractivity contribution in [2.24, 2.45) is 0 Å². The summed E-state index contributed by atoms with van der Waals surface area (Å²) in [5.41, 5.74) is 2.22. The van der Waals surface area contributed by atoms with Crippen molar-refractivity contribution in [3.8, 4) is 17.2 Å². The Bertz CT molecular complexity index is 1180. The molecule has 0 aliphatic rings. The van der Waals surface area contributed by atoms with Gasteiger partial charge in [-0.25, -0.2) is 0 Å². The molecule has 0 radical (unpaired) electrons. The Morgan fingerprint density at radius 1 is 1.23 bits per heavy atom. The molecule has 1 aromatic carbocycles. The van der Waals surface area contributed by atoms with Crippen molar-refractivity contribution in [2.45, 2.75) is 32.7 Å². The van der Waals surface area contributed by atoms with E-state index in [9.17, 15) is 4.79 Å². The lowest BCUT2D eigenvalue weighted by atomic mass is 10.1. The van der Waals surface area contributed by atoms with Crippen molar-refractivity contribution in [1.82, 2.24) is 30.1 Å². The Morgan fingerprint density at radius 3 is 2.83 bits per heavy atom. The topological polar surface area (TPSA) is 107 Å². The minimum atomic E-state index is -0.125. The number of benzene rings is 1. The molecule has 0 aliphatic carbocycles. The number of hydrogen-bond donors (Lipinski definition) is 1. The van der Waals surface area contributed by atoms with Gasteiger partial charge >= 0.3 is 0 Å². The molecule has 3 aromatic heterocycles. The van der Waals surface area contributed by atoms with Crippen LogP contribution in [0.25, 0.3) is 17.1 Å². The van der Waals surface area contributed by atoms with E-state index >= 15 is 0 Å². The summed E-state index contributed by atoms with van der Waals surface area (Å²) in [6.07, 6.45) is 2.05. The number of rotatable bonds is 7. The fraction of sp³-hybridized carbons (Fsp3) is 0.286. The van der Waals surface area contributed by atoms with Crippen LogP contribution < -0.4 is 10.1 Å². The first-order valence-electron chi connectivity index (χ1n) is 9.61. The standard InChI is InChI=1S/C21H22N6O3/c1-13(2)20-23-21(30-26-20)15-8-9-27-17(10-15)24-25-18(27)12-22-19(28)11-14-6-4-5-7-16(14)29-3/h4-10,13H,11-12H2,1-3H3,(H,22,28). The molecule has 30 heavy (non-hydrogen) atoms. The van der Waals surface area contributed by atoms with E-state index in [0.29, 0.717) is 28.9 Å². The van der Waals surface area contributed by atoms with Crippen molar-refractivity contribution in [3.05, 3.63) is 59.8 Å². The molecule has 9 nitrogen and oxygen atoms in total. The SMILES string of the molecule is COc1ccccc1CC(=O)NCc1nnc2cc(-c3nc(C(C)C)no3)ccn12. The monoisotopic (exact) mass is 406 g/mol. The van der Waals surface area contributed by atoms with Crippen LogP contribution in [0.1, 0.15) is 37.0 Å². The maximum absolute atomic E-state index is 12.4. The highest BCUT2D eigenvalue weighted by atomic mass is 16.5. The summed E-state index contributed by atoms with van der Waals surface area (Å²) in [6.45, 7) is 4.27. The van der Waals surface area contributed by atoms with Crippen LogP contribution in [-0.2, 0) is 17.8 Å². The molecule has 0 bridgehead atoms. The van der Waals surface area contributed by atoms with Gasteiger partial charge in [0.2, 0.25) is 5.91 Å². The number of pyridine rings is 1. The van der Waals surface area contributed by atoms with E-state index in [1.165, 1.54) is 0 Å². The van der Waals surface area contributed by atoms with Crippen LogP contribution in [0.3, 0.4) is 0 Å². The van der Waals surface area contributed by atoms with Gasteiger partial charge in [-0.3, -0.25) is 9.20 Å². The highest BCUT2D eigenvalue weighted by molar-refractivity contribution is 5.79. The number of hydrogen-bond acceptors (Lipinski definition) is 7. The second-order valence-electron chi connectivity index (χ2n) is 7.14. The lowest BCUT2D eigenvalue weighted by Crippen LogP contribution is -2.25. The molecular weight excluding hydrogens is 384 g/mol. The number of para-hydroxylation sites is 1. The fourth-order valence-electron chi connectivity index (χ4n) is 3.04. The van der Waals surface area contributed by atoms with Gasteiger partial charge < -0.3 is 14.6 Å². The summed E-state index contributed by atoms with van der Waals surface area (Å²) < 4.78 is 12.4. The zero-order valence-electron chi connectivity index (χ0n) is 17.0. The molecule has 1 N–H and O–H groups in total. The number of nitrogens with one attached hydrogen (secondary N) is 1. The molecule has 0 saturated heterocycles. The number of ether oxygens (including phenoxy) is 1. The second kappa shape index (κ2) is 8.32. The molecule has 0 fully saturated rings. The first-order chi connectivity index (χ1) is 14.5. The first-order valence-corrected chi connectivity index (χ1v) is 9.61. The average Bonchev–Trinajstić information content (AvgIpc) is 3.40. The van der Waals surface area contributed by atoms with E-state index in [1.807, 2.05) is 60.8 Å². The highest BCUT2D eigenvalue weighted by Gasteiger charge is 2.14. The van der Waals surface area contributed by atoms with E-state index in [0.717, 1.165) is 11.1 Å². The Kier molecular flexibility index (Phi) is 5.42. The van der Waals surface area contributed by atoms with Crippen molar-refractivity contribution in [1.29, 1.82) is 0 Å². The molecule has 9 heteroatoms. The van der Waals surface area contributed by atoms with Crippen molar-refractivity contribution in [2.75, 3.05) is 7.11 Å². The molecule has 1 amide bonds. The minimum absolute atomic E-state index is 0.125. The number of carbonyl (C=O) groups excluding carboxylic acids is 1. The maximum Gasteiger partial charge on any atom is 0.258 e. The van der Waals surface area contributed by atoms with Crippen LogP contribution in [0.5, 0.6) is 5.75 Å². The van der Waals surface area contributed by atoms with Gasteiger partial charge in [-0.15, -0.1) is 10.2 Å². The molecule has 4 rings (SSSR count). The molecule has 0 saturated carbocycles. The van der Waals surface area contributed by atoms with Gasteiger partial charge in [-0.2, -0.15) is 4.98 Å². The number of fused-ring (bicyclic) bond motifs is 1. The molecule has 4 aromatic rings. The predicted octanol–water partition coefficient (Wildman–Crippen LogP) is 2.77. The summed E-state index contributed by atoms with van der Waals surface area (Å²) in [5, 5.41) is 15.2. The van der Waals surface area contributed by atoms with Crippen LogP contribution >= 0.6 is 0 Å².